The van der Waals surface area contributed by atoms with Gasteiger partial charge in [0.1, 0.15) is 23.7 Å². The van der Waals surface area contributed by atoms with Crippen LogP contribution in [0.5, 0.6) is 0 Å². The molecule has 2 aromatic carbocycles. The van der Waals surface area contributed by atoms with E-state index >= 15 is 0 Å². The fourth-order valence-corrected chi connectivity index (χ4v) is 6.88. The van der Waals surface area contributed by atoms with Crippen molar-refractivity contribution in [3.8, 4) is 0 Å². The van der Waals surface area contributed by atoms with E-state index in [2.05, 4.69) is 15.6 Å². The Morgan fingerprint density at radius 2 is 1.77 bits per heavy atom. The molecule has 1 aromatic heterocycles. The van der Waals surface area contributed by atoms with E-state index in [0.29, 0.717) is 12.0 Å². The minimum absolute atomic E-state index is 0.00629. The van der Waals surface area contributed by atoms with Crippen LogP contribution in [0.1, 0.15) is 29.8 Å². The van der Waals surface area contributed by atoms with Crippen LogP contribution in [-0.2, 0) is 33.4 Å². The number of fused-ring (bicyclic) bond motifs is 1. The number of nitrogens with one attached hydrogen (secondary N) is 2. The molecule has 2 N–H and O–H groups in total. The summed E-state index contributed by atoms with van der Waals surface area (Å²) in [6.07, 6.45) is -0.317. The minimum atomic E-state index is -0.984. The zero-order chi connectivity index (χ0) is 31.2. The van der Waals surface area contributed by atoms with Crippen molar-refractivity contribution in [2.45, 2.75) is 24.4 Å². The van der Waals surface area contributed by atoms with Crippen LogP contribution in [0.4, 0.5) is 5.13 Å². The number of rotatable bonds is 11. The Hall–Kier alpha value is -4.46. The van der Waals surface area contributed by atoms with E-state index in [0.717, 1.165) is 28.0 Å². The molecule has 1 fully saturated rings. The molecule has 3 heterocycles. The van der Waals surface area contributed by atoms with Crippen LogP contribution in [-0.4, -0.2) is 63.8 Å². The first kappa shape index (κ1) is 31.0. The number of aromatic nitrogens is 1. The van der Waals surface area contributed by atoms with E-state index in [1.165, 1.54) is 29.0 Å². The van der Waals surface area contributed by atoms with E-state index in [1.807, 2.05) is 60.7 Å². The van der Waals surface area contributed by atoms with Crippen LogP contribution in [0.15, 0.2) is 82.8 Å². The highest BCUT2D eigenvalue weighted by Gasteiger charge is 2.55. The van der Waals surface area contributed by atoms with Gasteiger partial charge in [0.2, 0.25) is 6.41 Å². The molecule has 2 aliphatic heterocycles. The van der Waals surface area contributed by atoms with E-state index < -0.39 is 41.3 Å². The molecule has 5 rings (SSSR count). The first-order chi connectivity index (χ1) is 21.3. The van der Waals surface area contributed by atoms with Gasteiger partial charge in [0.15, 0.2) is 11.2 Å². The van der Waals surface area contributed by atoms with Crippen LogP contribution in [0.3, 0.4) is 0 Å². The van der Waals surface area contributed by atoms with Gasteiger partial charge in [0.05, 0.1) is 11.3 Å². The smallest absolute Gasteiger partial charge is 0.356 e. The van der Waals surface area contributed by atoms with Gasteiger partial charge in [-0.1, -0.05) is 72.3 Å². The van der Waals surface area contributed by atoms with Crippen LogP contribution in [0, 0.1) is 0 Å². The normalized spacial score (nSPS) is 17.8. The molecular weight excluding hydrogens is 628 g/mol. The Morgan fingerprint density at radius 1 is 1.11 bits per heavy atom. The number of nitrogens with zero attached hydrogens (tertiary/aromatic N) is 2. The highest BCUT2D eigenvalue weighted by molar-refractivity contribution is 8.00. The van der Waals surface area contributed by atoms with Gasteiger partial charge >= 0.3 is 11.9 Å². The van der Waals surface area contributed by atoms with Crippen LogP contribution >= 0.6 is 34.7 Å². The molecule has 0 saturated carbocycles. The number of β-lactam (4-membered cyclic amide) rings is 1. The zero-order valence-corrected chi connectivity index (χ0v) is 25.5. The van der Waals surface area contributed by atoms with Gasteiger partial charge in [-0.25, -0.2) is 9.78 Å². The molecule has 2 aliphatic rings. The zero-order valence-electron chi connectivity index (χ0n) is 23.1. The van der Waals surface area contributed by atoms with Gasteiger partial charge in [-0.2, -0.15) is 0 Å². The Morgan fingerprint density at radius 3 is 2.36 bits per heavy atom. The van der Waals surface area contributed by atoms with E-state index in [1.54, 1.807) is 0 Å². The molecule has 14 heteroatoms. The molecule has 226 valence electrons. The number of thioether (sulfide) groups is 1. The maximum atomic E-state index is 13.9. The number of esters is 2. The number of amides is 3. The predicted molar refractivity (Wildman–Crippen MR) is 165 cm³/mol. The quantitative estimate of drug-likeness (QED) is 0.137. The van der Waals surface area contributed by atoms with Crippen molar-refractivity contribution in [3.05, 3.63) is 99.7 Å². The number of ether oxygens (including phenoxy) is 2. The topological polar surface area (TPSA) is 144 Å². The number of carbonyl (C=O) groups excluding carboxylic acids is 5. The predicted octanol–water partition coefficient (Wildman–Crippen LogP) is 3.84. The molecule has 0 radical (unpaired) electrons. The molecule has 1 unspecified atom stereocenters. The Balaban J connectivity index is 1.39. The summed E-state index contributed by atoms with van der Waals surface area (Å²) < 4.78 is 11.3. The maximum Gasteiger partial charge on any atom is 0.356 e. The van der Waals surface area contributed by atoms with Crippen molar-refractivity contribution in [1.82, 2.24) is 15.2 Å². The minimum Gasteiger partial charge on any atom is -0.461 e. The number of anilines is 1. The lowest BCUT2D eigenvalue weighted by atomic mass is 10.0. The molecular formula is C30H25ClN4O7S2. The summed E-state index contributed by atoms with van der Waals surface area (Å²) in [7, 11) is 0. The second-order valence-corrected chi connectivity index (χ2v) is 11.7. The summed E-state index contributed by atoms with van der Waals surface area (Å²) in [4.78, 5) is 68.3. The largest absolute Gasteiger partial charge is 0.461 e. The number of benzene rings is 2. The second kappa shape index (κ2) is 13.9. The van der Waals surface area contributed by atoms with Crippen molar-refractivity contribution in [2.24, 2.45) is 0 Å². The first-order valence-electron chi connectivity index (χ1n) is 13.2. The van der Waals surface area contributed by atoms with Gasteiger partial charge < -0.3 is 20.1 Å². The summed E-state index contributed by atoms with van der Waals surface area (Å²) in [6.45, 7) is 1.04. The molecule has 0 aliphatic carbocycles. The Kier molecular flexibility index (Phi) is 9.78. The van der Waals surface area contributed by atoms with Crippen molar-refractivity contribution < 1.29 is 33.4 Å². The fraction of sp³-hybridized carbons (Fsp3) is 0.200. The Labute approximate surface area is 265 Å². The van der Waals surface area contributed by atoms with E-state index in [-0.39, 0.29) is 34.5 Å². The summed E-state index contributed by atoms with van der Waals surface area (Å²) in [5.41, 5.74) is 3.08. The molecule has 0 spiro atoms. The van der Waals surface area contributed by atoms with Gasteiger partial charge in [-0.15, -0.1) is 23.1 Å². The first-order valence-corrected chi connectivity index (χ1v) is 15.6. The summed E-state index contributed by atoms with van der Waals surface area (Å²) in [5.74, 6) is -2.28. The summed E-state index contributed by atoms with van der Waals surface area (Å²) >= 11 is 8.34. The summed E-state index contributed by atoms with van der Waals surface area (Å²) in [5, 5.41) is 6.26. The number of hydrogen-bond donors (Lipinski definition) is 2. The molecule has 44 heavy (non-hydrogen) atoms. The van der Waals surface area contributed by atoms with Crippen LogP contribution < -0.4 is 10.6 Å². The second-order valence-electron chi connectivity index (χ2n) is 9.52. The van der Waals surface area contributed by atoms with Crippen molar-refractivity contribution in [1.29, 1.82) is 0 Å². The molecule has 11 nitrogen and oxygen atoms in total. The van der Waals surface area contributed by atoms with Gasteiger partial charge in [0, 0.05) is 29.2 Å². The molecule has 2 atom stereocenters. The standard InChI is InChI=1S/C30H25ClN4O7S2/c1-17(37)41-13-20-14-43-28-23(34-26(38)21(12-31)22-15-44-30(33-22)32-16-36)27(39)35(28)24(20)29(40)42-25(18-8-4-2-5-9-18)19-10-6-3-7-11-19/h2-12,15-16,23,25,28H,13-14H2,1H3,(H,34,38)(H,32,33,36)/t23?,28-/m1/s1. The lowest BCUT2D eigenvalue weighted by Crippen LogP contribution is -2.70. The average molecular weight is 653 g/mol. The average Bonchev–Trinajstić information content (AvgIpc) is 3.50. The lowest BCUT2D eigenvalue weighted by Gasteiger charge is -2.49. The number of halogens is 1. The van der Waals surface area contributed by atoms with Crippen molar-refractivity contribution >= 4 is 75.6 Å². The SMILES string of the molecule is CC(=O)OCC1=C(C(=O)OC(c2ccccc2)c2ccccc2)N2C(=O)C(NC(=O)C(=CCl)c3csc(NC=O)n3)[C@H]2SC1. The van der Waals surface area contributed by atoms with Gasteiger partial charge in [0.25, 0.3) is 11.8 Å². The highest BCUT2D eigenvalue weighted by Crippen LogP contribution is 2.42. The summed E-state index contributed by atoms with van der Waals surface area (Å²) in [6, 6.07) is 17.4. The fourth-order valence-electron chi connectivity index (χ4n) is 4.67. The van der Waals surface area contributed by atoms with E-state index in [4.69, 9.17) is 21.1 Å². The third-order valence-electron chi connectivity index (χ3n) is 6.72. The number of carbonyl (C=O) groups is 5. The van der Waals surface area contributed by atoms with Crippen LogP contribution in [0.25, 0.3) is 5.57 Å². The van der Waals surface area contributed by atoms with Gasteiger partial charge in [-0.3, -0.25) is 24.1 Å². The molecule has 3 aromatic rings. The molecule has 0 bridgehead atoms. The molecule has 3 amide bonds. The lowest BCUT2D eigenvalue weighted by molar-refractivity contribution is -0.154. The maximum absolute atomic E-state index is 13.9. The van der Waals surface area contributed by atoms with Crippen molar-refractivity contribution in [3.63, 3.8) is 0 Å². The van der Waals surface area contributed by atoms with Crippen LogP contribution in [0.2, 0.25) is 0 Å². The number of thiazole rings is 1. The number of hydrogen-bond acceptors (Lipinski definition) is 10. The highest BCUT2D eigenvalue weighted by atomic mass is 35.5. The van der Waals surface area contributed by atoms with Crippen molar-refractivity contribution in [2.75, 3.05) is 17.7 Å². The third kappa shape index (κ3) is 6.54. The monoisotopic (exact) mass is 652 g/mol. The van der Waals surface area contributed by atoms with E-state index in [9.17, 15) is 24.0 Å². The van der Waals surface area contributed by atoms with Gasteiger partial charge in [-0.05, 0) is 11.1 Å². The Bertz CT molecular complexity index is 1610. The molecule has 1 saturated heterocycles. The third-order valence-corrected chi connectivity index (χ3v) is 9.05.